The molecule has 6 aromatic carbocycles. The summed E-state index contributed by atoms with van der Waals surface area (Å²) in [6, 6.07) is 48.8. The van der Waals surface area contributed by atoms with Crippen molar-refractivity contribution in [1.29, 1.82) is 0 Å². The topological polar surface area (TPSA) is 292 Å². The Labute approximate surface area is 607 Å². The number of aryl methyl sites for hydroxylation is 2. The minimum atomic E-state index is -4.50. The average molecular weight is 1430 g/mol. The van der Waals surface area contributed by atoms with Crippen molar-refractivity contribution in [3.63, 3.8) is 0 Å². The Kier molecular flexibility index (Phi) is 18.7. The van der Waals surface area contributed by atoms with Crippen LogP contribution < -0.4 is 26.1 Å². The summed E-state index contributed by atoms with van der Waals surface area (Å²) < 4.78 is 47.0. The molecule has 0 radical (unpaired) electrons. The van der Waals surface area contributed by atoms with Crippen molar-refractivity contribution in [2.24, 2.45) is 14.1 Å². The smallest absolute Gasteiger partial charge is 0.416 e. The number of halogens is 3. The van der Waals surface area contributed by atoms with Crippen LogP contribution in [0.15, 0.2) is 220 Å². The van der Waals surface area contributed by atoms with Gasteiger partial charge in [-0.15, -0.1) is 0 Å². The van der Waals surface area contributed by atoms with E-state index in [4.69, 9.17) is 14.8 Å². The van der Waals surface area contributed by atoms with Gasteiger partial charge in [0, 0.05) is 122 Å². The third-order valence-electron chi connectivity index (χ3n) is 18.2. The molecule has 15 rings (SSSR count). The highest BCUT2D eigenvalue weighted by Gasteiger charge is 2.31. The van der Waals surface area contributed by atoms with E-state index in [0.29, 0.717) is 159 Å². The number of hydrogen-bond donors (Lipinski definition) is 7. The number of nitrogens with one attached hydrogen (secondary N) is 6. The second-order valence-corrected chi connectivity index (χ2v) is 25.3. The molecule has 8 bridgehead atoms. The van der Waals surface area contributed by atoms with Gasteiger partial charge in [0.1, 0.15) is 24.3 Å². The molecular formula is C81H63F3N16O7. The van der Waals surface area contributed by atoms with E-state index in [0.717, 1.165) is 12.1 Å². The Hall–Kier alpha value is -14.3. The number of rotatable bonds is 21. The van der Waals surface area contributed by atoms with E-state index >= 15 is 0 Å². The second-order valence-electron chi connectivity index (χ2n) is 25.3. The molecule has 4 amide bonds. The maximum absolute atomic E-state index is 15.0. The molecule has 26 heteroatoms. The number of aromatic nitrogens is 12. The predicted molar refractivity (Wildman–Crippen MR) is 402 cm³/mol. The molecule has 7 N–H and O–H groups in total. The summed E-state index contributed by atoms with van der Waals surface area (Å²) in [6.45, 7) is 0.344. The molecule has 2 aliphatic rings. The van der Waals surface area contributed by atoms with Crippen molar-refractivity contribution in [2.75, 3.05) is 27.9 Å². The summed E-state index contributed by atoms with van der Waals surface area (Å²) >= 11 is 0. The lowest BCUT2D eigenvalue weighted by atomic mass is 10.0. The van der Waals surface area contributed by atoms with Gasteiger partial charge in [0.2, 0.25) is 0 Å². The number of para-hydroxylation sites is 4. The lowest BCUT2D eigenvalue weighted by molar-refractivity contribution is -0.138. The first-order chi connectivity index (χ1) is 52.0. The van der Waals surface area contributed by atoms with Gasteiger partial charge < -0.3 is 54.9 Å². The lowest BCUT2D eigenvalue weighted by Crippen LogP contribution is -2.22. The third kappa shape index (κ3) is 14.2. The molecule has 7 aromatic heterocycles. The van der Waals surface area contributed by atoms with Crippen LogP contribution >= 0.6 is 0 Å². The molecule has 0 saturated carbocycles. The number of H-pyrrole nitrogens is 2. The molecule has 23 nitrogen and oxygen atoms in total. The predicted octanol–water partition coefficient (Wildman–Crippen LogP) is 15.6. The quantitative estimate of drug-likeness (QED) is 0.0330. The number of carboxylic acid groups (broad SMARTS) is 1. The van der Waals surface area contributed by atoms with Gasteiger partial charge in [-0.1, -0.05) is 97.1 Å². The number of carbonyl (C=O) groups is 5. The van der Waals surface area contributed by atoms with E-state index in [1.807, 2.05) is 115 Å². The fraction of sp³-hybridized carbons (Fsp3) is 0.0988. The van der Waals surface area contributed by atoms with E-state index < -0.39 is 41.3 Å². The zero-order chi connectivity index (χ0) is 73.9. The molecular weight excluding hydrogens is 1370 g/mol. The van der Waals surface area contributed by atoms with Crippen LogP contribution in [0, 0.1) is 0 Å². The zero-order valence-corrected chi connectivity index (χ0v) is 57.1. The number of fused-ring (bicyclic) bond motifs is 8. The van der Waals surface area contributed by atoms with Gasteiger partial charge in [-0.05, 0) is 121 Å². The SMILES string of the molecule is Cn1cncc1C(=O)Nc1ccccc1-c1c2nc(c(-c3ccccc3NC(=O)c3cccc(Cn4cncc4-c4ccc(C(F)(F)F)cc4)c3)c3ccc([nH]3)c(-c3ccccc3NC(=O)c3cncn3OCCCCC(=O)O)c3nc(c(-c4ccccc4NC(=O)c4cncn4C)c4ccc1[nH]4)C=C3)C=C2. The molecule has 2 aliphatic heterocycles. The van der Waals surface area contributed by atoms with Crippen molar-refractivity contribution in [2.45, 2.75) is 32.0 Å². The van der Waals surface area contributed by atoms with Crippen molar-refractivity contribution in [3.8, 4) is 55.8 Å². The molecule has 9 heterocycles. The van der Waals surface area contributed by atoms with Gasteiger partial charge in [0.05, 0.1) is 77.8 Å². The standard InChI is InChI=1S/C81H63F3N16O7/c1-97-44-85-40-69(97)78(104)94-57-21-8-4-17-53(57)74-62-31-29-60(89-62)73(52-16-3-7-20-56(52)93-77(103)50-15-13-14-48(38-50)43-99-46-87-39-68(99)49-25-27-51(28-26-49)81(82,83)84)61-30-32-66(90-61)76(55-19-6-10-23-59(55)96-80(106)71-42-88-47-100(71)107-37-12-11-24-72(101)102)67-36-35-65(92-67)75(64-34-33-63(74)91-64)54-18-5-9-22-58(54)95-79(105)70-41-86-45-98(70)2/h3-10,13-23,25-36,38-42,44-47,90-91H,11-12,24,37,43H2,1-2H3,(H,93,103)(H,94,104)(H,95,105)(H,96,106)(H,101,102). The summed E-state index contributed by atoms with van der Waals surface area (Å²) in [5.41, 5.74) is 12.1. The van der Waals surface area contributed by atoms with Crippen LogP contribution in [0.5, 0.6) is 0 Å². The number of amides is 4. The highest BCUT2D eigenvalue weighted by molar-refractivity contribution is 6.12. The number of aromatic amines is 2. The third-order valence-corrected chi connectivity index (χ3v) is 18.2. The highest BCUT2D eigenvalue weighted by Crippen LogP contribution is 2.44. The van der Waals surface area contributed by atoms with Crippen molar-refractivity contribution in [1.82, 2.24) is 58.3 Å². The maximum atomic E-state index is 15.0. The van der Waals surface area contributed by atoms with E-state index in [-0.39, 0.29) is 25.3 Å². The molecule has 0 aliphatic carbocycles. The van der Waals surface area contributed by atoms with E-state index in [1.54, 1.807) is 108 Å². The first-order valence-corrected chi connectivity index (χ1v) is 33.8. The highest BCUT2D eigenvalue weighted by atomic mass is 19.4. The number of unbranched alkanes of at least 4 members (excludes halogenated alkanes) is 1. The molecule has 0 atom stereocenters. The van der Waals surface area contributed by atoms with Gasteiger partial charge >= 0.3 is 12.1 Å². The summed E-state index contributed by atoms with van der Waals surface area (Å²) in [5.74, 6) is -2.78. The van der Waals surface area contributed by atoms with Gasteiger partial charge in [-0.3, -0.25) is 24.0 Å². The average Bonchev–Trinajstić information content (AvgIpc) is 1.61. The van der Waals surface area contributed by atoms with E-state index in [9.17, 15) is 42.3 Å². The van der Waals surface area contributed by atoms with Gasteiger partial charge in [-0.25, -0.2) is 29.9 Å². The minimum Gasteiger partial charge on any atom is -0.481 e. The molecule has 0 fully saturated rings. The van der Waals surface area contributed by atoms with E-state index in [1.165, 1.54) is 41.8 Å². The van der Waals surface area contributed by atoms with E-state index in [2.05, 4.69) is 51.2 Å². The van der Waals surface area contributed by atoms with Gasteiger partial charge in [0.25, 0.3) is 23.6 Å². The largest absolute Gasteiger partial charge is 0.481 e. The first-order valence-electron chi connectivity index (χ1n) is 33.8. The Bertz CT molecular complexity index is 5920. The maximum Gasteiger partial charge on any atom is 0.416 e. The Morgan fingerprint density at radius 3 is 1.33 bits per heavy atom. The summed E-state index contributed by atoms with van der Waals surface area (Å²) in [4.78, 5) is 111. The van der Waals surface area contributed by atoms with Crippen molar-refractivity contribution < 1.29 is 47.1 Å². The van der Waals surface area contributed by atoms with Gasteiger partial charge in [-0.2, -0.15) is 17.9 Å². The molecule has 13 aromatic rings. The van der Waals surface area contributed by atoms with Crippen molar-refractivity contribution in [3.05, 3.63) is 277 Å². The summed E-state index contributed by atoms with van der Waals surface area (Å²) in [5, 5.41) is 21.8. The van der Waals surface area contributed by atoms with Crippen LogP contribution in [-0.2, 0) is 31.6 Å². The van der Waals surface area contributed by atoms with Gasteiger partial charge in [0.15, 0.2) is 5.69 Å². The molecule has 530 valence electrons. The number of carbonyl (C=O) groups excluding carboxylic acids is 4. The number of carboxylic acids is 1. The molecule has 0 unspecified atom stereocenters. The minimum absolute atomic E-state index is 0.0390. The first kappa shape index (κ1) is 68.5. The number of aliphatic carboxylic acids is 1. The lowest BCUT2D eigenvalue weighted by Gasteiger charge is -2.15. The fourth-order valence-corrected chi connectivity index (χ4v) is 13.1. The van der Waals surface area contributed by atoms with Crippen LogP contribution in [0.2, 0.25) is 0 Å². The Morgan fingerprint density at radius 1 is 0.467 bits per heavy atom. The molecule has 0 spiro atoms. The Balaban J connectivity index is 0.924. The van der Waals surface area contributed by atoms with Crippen LogP contribution in [0.4, 0.5) is 35.9 Å². The second kappa shape index (κ2) is 29.2. The van der Waals surface area contributed by atoms with Crippen LogP contribution in [0.3, 0.4) is 0 Å². The number of benzene rings is 6. The van der Waals surface area contributed by atoms with Crippen molar-refractivity contribution >= 4 is 98.7 Å². The zero-order valence-electron chi connectivity index (χ0n) is 57.1. The summed E-state index contributed by atoms with van der Waals surface area (Å²) in [7, 11) is 3.46. The number of hydrogen-bond acceptors (Lipinski definition) is 12. The van der Waals surface area contributed by atoms with Crippen LogP contribution in [-0.4, -0.2) is 99.6 Å². The normalized spacial score (nSPS) is 11.7. The Morgan fingerprint density at radius 2 is 0.888 bits per heavy atom. The molecule has 107 heavy (non-hydrogen) atoms. The van der Waals surface area contributed by atoms with Crippen LogP contribution in [0.1, 0.15) is 95.0 Å². The van der Waals surface area contributed by atoms with Crippen LogP contribution in [0.25, 0.3) is 102 Å². The number of nitrogens with zero attached hydrogens (tertiary/aromatic N) is 10. The molecule has 0 saturated heterocycles. The monoisotopic (exact) mass is 1430 g/mol. The fourth-order valence-electron chi connectivity index (χ4n) is 13.1. The summed E-state index contributed by atoms with van der Waals surface area (Å²) in [6.07, 6.45) is 15.7. The number of imidazole rings is 4. The number of alkyl halides is 3. The number of anilines is 4.